The predicted octanol–water partition coefficient (Wildman–Crippen LogP) is 3.13. The van der Waals surface area contributed by atoms with Crippen molar-refractivity contribution in [3.63, 3.8) is 0 Å². The fraction of sp³-hybridized carbons (Fsp3) is 0.682. The van der Waals surface area contributed by atoms with E-state index in [1.54, 1.807) is 0 Å². The smallest absolute Gasteiger partial charge is 0.266 e. The zero-order valence-electron chi connectivity index (χ0n) is 17.2. The number of hydrogen-bond acceptors (Lipinski definition) is 4. The zero-order valence-corrected chi connectivity index (χ0v) is 17.2. The summed E-state index contributed by atoms with van der Waals surface area (Å²) in [6, 6.07) is 6.17. The minimum Gasteiger partial charge on any atom is -0.478 e. The van der Waals surface area contributed by atoms with Crippen LogP contribution in [0, 0.1) is 18.3 Å². The normalized spacial score (nSPS) is 25.6. The number of carbonyl (C=O) groups is 1. The van der Waals surface area contributed by atoms with E-state index < -0.39 is 5.60 Å². The summed E-state index contributed by atoms with van der Waals surface area (Å²) >= 11 is 0. The largest absolute Gasteiger partial charge is 0.478 e. The van der Waals surface area contributed by atoms with E-state index in [2.05, 4.69) is 26.0 Å². The summed E-state index contributed by atoms with van der Waals surface area (Å²) in [6.07, 6.45) is 0.890. The second kappa shape index (κ2) is 7.44. The lowest BCUT2D eigenvalue weighted by molar-refractivity contribution is -0.145. The third-order valence-electron chi connectivity index (χ3n) is 6.09. The first-order valence-electron chi connectivity index (χ1n) is 9.96. The highest BCUT2D eigenvalue weighted by molar-refractivity contribution is 5.85. The number of nitrogens with zero attached hydrogens (tertiary/aromatic N) is 1. The Morgan fingerprint density at radius 1 is 1.44 bits per heavy atom. The third kappa shape index (κ3) is 3.85. The fourth-order valence-corrected chi connectivity index (χ4v) is 4.38. The van der Waals surface area contributed by atoms with E-state index in [1.165, 1.54) is 0 Å². The lowest BCUT2D eigenvalue weighted by Gasteiger charge is -2.36. The van der Waals surface area contributed by atoms with Crippen molar-refractivity contribution in [2.24, 2.45) is 11.3 Å². The molecule has 1 aromatic rings. The molecule has 0 spiro atoms. The molecule has 0 aromatic heterocycles. The van der Waals surface area contributed by atoms with Gasteiger partial charge in [-0.05, 0) is 56.2 Å². The second-order valence-electron chi connectivity index (χ2n) is 9.05. The number of aryl methyl sites for hydroxylation is 1. The molecule has 0 unspecified atom stereocenters. The van der Waals surface area contributed by atoms with Crippen molar-refractivity contribution in [2.75, 3.05) is 32.9 Å². The van der Waals surface area contributed by atoms with Crippen molar-refractivity contribution in [2.45, 2.75) is 52.6 Å². The molecular weight excluding hydrogens is 342 g/mol. The van der Waals surface area contributed by atoms with Gasteiger partial charge in [-0.3, -0.25) is 4.79 Å². The van der Waals surface area contributed by atoms with Crippen LogP contribution in [0.3, 0.4) is 0 Å². The Labute approximate surface area is 162 Å². The summed E-state index contributed by atoms with van der Waals surface area (Å²) in [7, 11) is 0. The lowest BCUT2D eigenvalue weighted by Crippen LogP contribution is -2.49. The number of aliphatic hydroxyl groups excluding tert-OH is 1. The number of ether oxygens (including phenoxy) is 2. The number of aliphatic hydroxyl groups is 1. The molecule has 2 atom stereocenters. The molecule has 1 aromatic carbocycles. The summed E-state index contributed by atoms with van der Waals surface area (Å²) < 4.78 is 11.9. The zero-order chi connectivity index (χ0) is 19.8. The van der Waals surface area contributed by atoms with Crippen molar-refractivity contribution in [1.82, 2.24) is 4.90 Å². The van der Waals surface area contributed by atoms with Crippen LogP contribution in [0.2, 0.25) is 0 Å². The molecule has 3 rings (SSSR count). The Hall–Kier alpha value is -1.59. The maximum atomic E-state index is 13.3. The molecule has 1 N–H and O–H groups in total. The first-order valence-corrected chi connectivity index (χ1v) is 9.96. The lowest BCUT2D eigenvalue weighted by atomic mass is 9.76. The van der Waals surface area contributed by atoms with Gasteiger partial charge in [-0.15, -0.1) is 0 Å². The van der Waals surface area contributed by atoms with Crippen LogP contribution in [-0.2, 0) is 9.53 Å². The van der Waals surface area contributed by atoms with Crippen molar-refractivity contribution in [3.05, 3.63) is 29.3 Å². The van der Waals surface area contributed by atoms with Crippen LogP contribution >= 0.6 is 0 Å². The molecule has 5 nitrogen and oxygen atoms in total. The van der Waals surface area contributed by atoms with Crippen LogP contribution in [0.25, 0.3) is 0 Å². The molecule has 2 aliphatic heterocycles. The fourth-order valence-electron chi connectivity index (χ4n) is 4.38. The molecular formula is C22H33NO4. The number of likely N-dealkylation sites (tertiary alicyclic amines) is 1. The van der Waals surface area contributed by atoms with Crippen molar-refractivity contribution < 1.29 is 19.4 Å². The Morgan fingerprint density at radius 3 is 2.81 bits per heavy atom. The Kier molecular flexibility index (Phi) is 5.55. The van der Waals surface area contributed by atoms with Crippen molar-refractivity contribution in [1.29, 1.82) is 0 Å². The van der Waals surface area contributed by atoms with Gasteiger partial charge in [-0.1, -0.05) is 26.0 Å². The van der Waals surface area contributed by atoms with Gasteiger partial charge in [0.25, 0.3) is 5.91 Å². The van der Waals surface area contributed by atoms with Crippen LogP contribution in [0.5, 0.6) is 5.75 Å². The molecule has 1 amide bonds. The summed E-state index contributed by atoms with van der Waals surface area (Å²) in [5.41, 5.74) is 0.928. The Morgan fingerprint density at radius 2 is 2.19 bits per heavy atom. The standard InChI is InChI=1S/C22H33NO4/c1-15(2)18-7-6-16(3)10-19(18)27-21(4,5)20(25)23-11-17-8-9-26-14-22(17,12-23)13-24/h6-7,10,15,17,24H,8-9,11-14H2,1-5H3/t17-,22+/m0/s1. The molecule has 2 saturated heterocycles. The summed E-state index contributed by atoms with van der Waals surface area (Å²) in [5.74, 6) is 1.36. The van der Waals surface area contributed by atoms with Gasteiger partial charge in [0, 0.05) is 25.1 Å². The van der Waals surface area contributed by atoms with E-state index in [0.29, 0.717) is 38.1 Å². The molecule has 0 saturated carbocycles. The minimum atomic E-state index is -0.970. The van der Waals surface area contributed by atoms with Gasteiger partial charge in [-0.25, -0.2) is 0 Å². The van der Waals surface area contributed by atoms with Crippen LogP contribution < -0.4 is 4.74 Å². The average molecular weight is 376 g/mol. The van der Waals surface area contributed by atoms with Gasteiger partial charge in [0.2, 0.25) is 0 Å². The Balaban J connectivity index is 1.80. The number of amides is 1. The minimum absolute atomic E-state index is 0.0269. The van der Waals surface area contributed by atoms with Gasteiger partial charge in [0.05, 0.1) is 13.2 Å². The first kappa shape index (κ1) is 20.2. The van der Waals surface area contributed by atoms with Gasteiger partial charge in [-0.2, -0.15) is 0 Å². The van der Waals surface area contributed by atoms with Gasteiger partial charge >= 0.3 is 0 Å². The molecule has 0 radical (unpaired) electrons. The van der Waals surface area contributed by atoms with Crippen molar-refractivity contribution in [3.8, 4) is 5.75 Å². The van der Waals surface area contributed by atoms with Crippen LogP contribution in [0.1, 0.15) is 51.2 Å². The van der Waals surface area contributed by atoms with Crippen LogP contribution in [-0.4, -0.2) is 54.4 Å². The van der Waals surface area contributed by atoms with Gasteiger partial charge in [0.15, 0.2) is 5.60 Å². The van der Waals surface area contributed by atoms with E-state index >= 15 is 0 Å². The van der Waals surface area contributed by atoms with Gasteiger partial charge in [0.1, 0.15) is 5.75 Å². The molecule has 2 fully saturated rings. The van der Waals surface area contributed by atoms with E-state index in [9.17, 15) is 9.90 Å². The van der Waals surface area contributed by atoms with Crippen molar-refractivity contribution >= 4 is 5.91 Å². The van der Waals surface area contributed by atoms with E-state index in [0.717, 1.165) is 23.3 Å². The number of carbonyl (C=O) groups excluding carboxylic acids is 1. The summed E-state index contributed by atoms with van der Waals surface area (Å²) in [6.45, 7) is 12.4. The highest BCUT2D eigenvalue weighted by atomic mass is 16.5. The maximum Gasteiger partial charge on any atom is 0.266 e. The number of fused-ring (bicyclic) bond motifs is 1. The maximum absolute atomic E-state index is 13.3. The molecule has 27 heavy (non-hydrogen) atoms. The van der Waals surface area contributed by atoms with Gasteiger partial charge < -0.3 is 19.5 Å². The van der Waals surface area contributed by atoms with Crippen LogP contribution in [0.15, 0.2) is 18.2 Å². The first-order chi connectivity index (χ1) is 12.7. The molecule has 0 aliphatic carbocycles. The quantitative estimate of drug-likeness (QED) is 0.859. The SMILES string of the molecule is Cc1ccc(C(C)C)c(OC(C)(C)C(=O)N2C[C@@H]3CCOC[C@]3(CO)C2)c1. The highest BCUT2D eigenvalue weighted by Gasteiger charge is 2.51. The van der Waals surface area contributed by atoms with Crippen LogP contribution in [0.4, 0.5) is 0 Å². The molecule has 2 aliphatic rings. The third-order valence-corrected chi connectivity index (χ3v) is 6.09. The molecule has 5 heteroatoms. The second-order valence-corrected chi connectivity index (χ2v) is 9.05. The summed E-state index contributed by atoms with van der Waals surface area (Å²) in [5, 5.41) is 9.97. The number of rotatable bonds is 5. The van der Waals surface area contributed by atoms with E-state index in [1.807, 2.05) is 31.7 Å². The highest BCUT2D eigenvalue weighted by Crippen LogP contribution is 2.42. The Bertz CT molecular complexity index is 700. The monoisotopic (exact) mass is 375 g/mol. The topological polar surface area (TPSA) is 59.0 Å². The summed E-state index contributed by atoms with van der Waals surface area (Å²) in [4.78, 5) is 15.2. The molecule has 2 heterocycles. The number of hydrogen-bond donors (Lipinski definition) is 1. The average Bonchev–Trinajstić information content (AvgIpc) is 3.00. The van der Waals surface area contributed by atoms with E-state index in [4.69, 9.17) is 9.47 Å². The molecule has 0 bridgehead atoms. The molecule has 150 valence electrons. The van der Waals surface area contributed by atoms with E-state index in [-0.39, 0.29) is 17.9 Å². The predicted molar refractivity (Wildman–Crippen MR) is 105 cm³/mol. The number of benzene rings is 1.